The Morgan fingerprint density at radius 3 is 2.17 bits per heavy atom. The number of aliphatic carboxylic acids is 1. The summed E-state index contributed by atoms with van der Waals surface area (Å²) in [5, 5.41) is 15.2. The van der Waals surface area contributed by atoms with Gasteiger partial charge in [-0.3, -0.25) is 9.59 Å². The number of benzene rings is 2. The zero-order chi connectivity index (χ0) is 24.5. The molecule has 1 saturated carbocycles. The van der Waals surface area contributed by atoms with Crippen LogP contribution in [0.1, 0.15) is 49.1 Å². The summed E-state index contributed by atoms with van der Waals surface area (Å²) in [7, 11) is 0. The van der Waals surface area contributed by atoms with Gasteiger partial charge in [0, 0.05) is 25.5 Å². The van der Waals surface area contributed by atoms with E-state index in [4.69, 9.17) is 9.47 Å². The van der Waals surface area contributed by atoms with E-state index in [1.165, 1.54) is 0 Å². The highest BCUT2D eigenvalue weighted by atomic mass is 16.6. The van der Waals surface area contributed by atoms with Crippen molar-refractivity contribution >= 4 is 18.0 Å². The van der Waals surface area contributed by atoms with Gasteiger partial charge in [-0.15, -0.1) is 0 Å². The highest BCUT2D eigenvalue weighted by Gasteiger charge is 2.47. The molecule has 0 aromatic heterocycles. The van der Waals surface area contributed by atoms with Crippen LogP contribution in [0, 0.1) is 5.41 Å². The van der Waals surface area contributed by atoms with Crippen LogP contribution in [0.4, 0.5) is 4.79 Å². The lowest BCUT2D eigenvalue weighted by atomic mass is 9.85. The van der Waals surface area contributed by atoms with Crippen LogP contribution >= 0.6 is 0 Å². The monoisotopic (exact) mass is 478 g/mol. The molecule has 1 atom stereocenters. The molecule has 3 aliphatic rings. The Morgan fingerprint density at radius 2 is 1.60 bits per heavy atom. The molecule has 1 unspecified atom stereocenters. The number of amides is 2. The van der Waals surface area contributed by atoms with Gasteiger partial charge in [-0.25, -0.2) is 4.79 Å². The summed E-state index contributed by atoms with van der Waals surface area (Å²) >= 11 is 0. The minimum Gasteiger partial charge on any atom is -0.481 e. The van der Waals surface area contributed by atoms with Crippen molar-refractivity contribution in [2.24, 2.45) is 5.41 Å². The first-order valence-corrected chi connectivity index (χ1v) is 12.2. The molecule has 2 aromatic carbocycles. The van der Waals surface area contributed by atoms with Crippen molar-refractivity contribution in [3.05, 3.63) is 59.7 Å². The quantitative estimate of drug-likeness (QED) is 0.562. The van der Waals surface area contributed by atoms with Gasteiger partial charge in [0.25, 0.3) is 0 Å². The Morgan fingerprint density at radius 1 is 0.971 bits per heavy atom. The van der Waals surface area contributed by atoms with Gasteiger partial charge in [0.2, 0.25) is 5.91 Å². The first kappa shape index (κ1) is 23.4. The average Bonchev–Trinajstić information content (AvgIpc) is 3.60. The molecular formula is C27H30N2O6. The molecule has 3 N–H and O–H groups in total. The number of carbonyl (C=O) groups excluding carboxylic acids is 2. The van der Waals surface area contributed by atoms with Crippen molar-refractivity contribution in [1.82, 2.24) is 10.6 Å². The van der Waals surface area contributed by atoms with Crippen LogP contribution in [0.5, 0.6) is 0 Å². The number of carboxylic acids is 1. The van der Waals surface area contributed by atoms with Crippen LogP contribution in [0.3, 0.4) is 0 Å². The van der Waals surface area contributed by atoms with Gasteiger partial charge < -0.3 is 25.2 Å². The highest BCUT2D eigenvalue weighted by molar-refractivity contribution is 5.91. The number of hydrogen-bond donors (Lipinski definition) is 3. The van der Waals surface area contributed by atoms with Gasteiger partial charge in [-0.05, 0) is 35.1 Å². The van der Waals surface area contributed by atoms with E-state index in [9.17, 15) is 19.5 Å². The van der Waals surface area contributed by atoms with Crippen molar-refractivity contribution in [3.63, 3.8) is 0 Å². The molecule has 0 spiro atoms. The van der Waals surface area contributed by atoms with Crippen molar-refractivity contribution in [1.29, 1.82) is 0 Å². The molecule has 1 heterocycles. The van der Waals surface area contributed by atoms with E-state index in [-0.39, 0.29) is 25.7 Å². The number of ether oxygens (including phenoxy) is 2. The third kappa shape index (κ3) is 4.27. The SMILES string of the molecule is O=C(NC1(C(=O)NCC2(C(=O)O)CCCC2)CCOC1)OCC1c2ccccc2-c2ccccc21. The second kappa shape index (κ2) is 9.34. The van der Waals surface area contributed by atoms with E-state index in [0.29, 0.717) is 25.9 Å². The van der Waals surface area contributed by atoms with E-state index in [2.05, 4.69) is 22.8 Å². The molecular weight excluding hydrogens is 448 g/mol. The summed E-state index contributed by atoms with van der Waals surface area (Å²) in [6.45, 7) is 0.514. The molecule has 2 fully saturated rings. The number of rotatable bonds is 7. The lowest BCUT2D eigenvalue weighted by Crippen LogP contribution is -2.60. The minimum atomic E-state index is -1.28. The van der Waals surface area contributed by atoms with Crippen molar-refractivity contribution in [3.8, 4) is 11.1 Å². The molecule has 8 heteroatoms. The van der Waals surface area contributed by atoms with Gasteiger partial charge in [0.05, 0.1) is 12.0 Å². The molecule has 2 aromatic rings. The molecule has 35 heavy (non-hydrogen) atoms. The fourth-order valence-electron chi connectivity index (χ4n) is 5.67. The normalized spacial score (nSPS) is 22.3. The molecule has 5 rings (SSSR count). The number of alkyl carbamates (subject to hydrolysis) is 1. The summed E-state index contributed by atoms with van der Waals surface area (Å²) in [5.41, 5.74) is 2.26. The summed E-state index contributed by atoms with van der Waals surface area (Å²) in [4.78, 5) is 37.9. The van der Waals surface area contributed by atoms with Crippen LogP contribution in [0.2, 0.25) is 0 Å². The first-order valence-electron chi connectivity index (χ1n) is 12.2. The molecule has 2 amide bonds. The Labute approximate surface area is 204 Å². The van der Waals surface area contributed by atoms with E-state index >= 15 is 0 Å². The number of carbonyl (C=O) groups is 3. The maximum Gasteiger partial charge on any atom is 0.408 e. The third-order valence-corrected chi connectivity index (χ3v) is 7.74. The number of hydrogen-bond acceptors (Lipinski definition) is 5. The molecule has 184 valence electrons. The molecule has 1 aliphatic heterocycles. The summed E-state index contributed by atoms with van der Waals surface area (Å²) in [5.74, 6) is -1.41. The number of fused-ring (bicyclic) bond motifs is 3. The van der Waals surface area contributed by atoms with Gasteiger partial charge >= 0.3 is 12.1 Å². The Kier molecular flexibility index (Phi) is 6.23. The first-order chi connectivity index (χ1) is 16.9. The maximum atomic E-state index is 13.2. The lowest BCUT2D eigenvalue weighted by molar-refractivity contribution is -0.148. The van der Waals surface area contributed by atoms with Gasteiger partial charge in [-0.2, -0.15) is 0 Å². The van der Waals surface area contributed by atoms with Crippen LogP contribution in [-0.4, -0.2) is 55.0 Å². The smallest absolute Gasteiger partial charge is 0.408 e. The lowest BCUT2D eigenvalue weighted by Gasteiger charge is -2.30. The second-order valence-corrected chi connectivity index (χ2v) is 9.81. The Bertz CT molecular complexity index is 1090. The van der Waals surface area contributed by atoms with Crippen molar-refractivity contribution in [2.45, 2.75) is 43.6 Å². The molecule has 2 aliphatic carbocycles. The van der Waals surface area contributed by atoms with E-state index in [1.54, 1.807) is 0 Å². The molecule has 0 bridgehead atoms. The van der Waals surface area contributed by atoms with Crippen LogP contribution in [0.25, 0.3) is 11.1 Å². The van der Waals surface area contributed by atoms with Crippen LogP contribution in [-0.2, 0) is 19.1 Å². The van der Waals surface area contributed by atoms with Crippen LogP contribution in [0.15, 0.2) is 48.5 Å². The number of carboxylic acid groups (broad SMARTS) is 1. The topological polar surface area (TPSA) is 114 Å². The molecule has 0 radical (unpaired) electrons. The molecule has 1 saturated heterocycles. The largest absolute Gasteiger partial charge is 0.481 e. The Balaban J connectivity index is 1.24. The fraction of sp³-hybridized carbons (Fsp3) is 0.444. The maximum absolute atomic E-state index is 13.2. The number of nitrogens with one attached hydrogen (secondary N) is 2. The third-order valence-electron chi connectivity index (χ3n) is 7.74. The Hall–Kier alpha value is -3.39. The van der Waals surface area contributed by atoms with Crippen LogP contribution < -0.4 is 10.6 Å². The summed E-state index contributed by atoms with van der Waals surface area (Å²) < 4.78 is 11.1. The standard InChI is InChI=1S/C27H30N2O6/c30-23(28-16-26(24(31)32)11-5-6-12-26)27(13-14-34-17-27)29-25(33)35-15-22-20-9-3-1-7-18(20)19-8-2-4-10-21(19)22/h1-4,7-10,22H,5-6,11-17H2,(H,28,30)(H,29,33)(H,31,32). The average molecular weight is 479 g/mol. The van der Waals surface area contributed by atoms with E-state index < -0.39 is 28.9 Å². The van der Waals surface area contributed by atoms with E-state index in [1.807, 2.05) is 36.4 Å². The minimum absolute atomic E-state index is 0.0170. The van der Waals surface area contributed by atoms with E-state index in [0.717, 1.165) is 35.1 Å². The van der Waals surface area contributed by atoms with Crippen molar-refractivity contribution in [2.75, 3.05) is 26.4 Å². The summed E-state index contributed by atoms with van der Waals surface area (Å²) in [6, 6.07) is 16.2. The van der Waals surface area contributed by atoms with Crippen molar-refractivity contribution < 1.29 is 29.0 Å². The van der Waals surface area contributed by atoms with Gasteiger partial charge in [-0.1, -0.05) is 61.4 Å². The zero-order valence-corrected chi connectivity index (χ0v) is 19.5. The highest BCUT2D eigenvalue weighted by Crippen LogP contribution is 2.44. The zero-order valence-electron chi connectivity index (χ0n) is 19.5. The second-order valence-electron chi connectivity index (χ2n) is 9.81. The van der Waals surface area contributed by atoms with Gasteiger partial charge in [0.1, 0.15) is 12.1 Å². The fourth-order valence-corrected chi connectivity index (χ4v) is 5.67. The predicted octanol–water partition coefficient (Wildman–Crippen LogP) is 3.45. The summed E-state index contributed by atoms with van der Waals surface area (Å²) in [6.07, 6.45) is 2.32. The molecule has 8 nitrogen and oxygen atoms in total. The predicted molar refractivity (Wildman–Crippen MR) is 128 cm³/mol. The van der Waals surface area contributed by atoms with Gasteiger partial charge in [0.15, 0.2) is 0 Å².